The highest BCUT2D eigenvalue weighted by atomic mass is 16.7. The van der Waals surface area contributed by atoms with Crippen LogP contribution in [0.2, 0.25) is 0 Å². The minimum atomic E-state index is -1.24. The first-order valence-corrected chi connectivity index (χ1v) is 4.68. The Hall–Kier alpha value is -1.24. The molecule has 1 aliphatic rings. The Morgan fingerprint density at radius 3 is 2.87 bits per heavy atom. The zero-order chi connectivity index (χ0) is 10.8. The molecule has 0 bridgehead atoms. The van der Waals surface area contributed by atoms with Crippen LogP contribution in [0.1, 0.15) is 11.7 Å². The smallest absolute Gasteiger partial charge is 0.498 e. The van der Waals surface area contributed by atoms with Crippen LogP contribution in [0.4, 0.5) is 0 Å². The lowest BCUT2D eigenvalue weighted by molar-refractivity contribution is 0.177. The van der Waals surface area contributed by atoms with E-state index in [0.29, 0.717) is 18.0 Å². The zero-order valence-electron chi connectivity index (χ0n) is 8.30. The fourth-order valence-electron chi connectivity index (χ4n) is 1.47. The number of rotatable bonds is 3. The van der Waals surface area contributed by atoms with Crippen LogP contribution in [-0.4, -0.2) is 31.0 Å². The molecule has 1 heterocycles. The number of likely N-dealkylation sites (N-methyl/N-ethyl adjacent to an activating group) is 1. The second kappa shape index (κ2) is 4.10. The number of fused-ring (bicyclic) bond motifs is 1. The number of hydrogen-bond donors (Lipinski definition) is 3. The highest BCUT2D eigenvalue weighted by Gasteiger charge is 2.31. The van der Waals surface area contributed by atoms with Crippen LogP contribution in [0.3, 0.4) is 0 Å². The number of hydrogen-bond acceptors (Lipinski definition) is 5. The van der Waals surface area contributed by atoms with Gasteiger partial charge in [0.15, 0.2) is 0 Å². The highest BCUT2D eigenvalue weighted by Crippen LogP contribution is 2.34. The molecule has 0 saturated carbocycles. The van der Waals surface area contributed by atoms with E-state index in [2.05, 4.69) is 5.32 Å². The maximum absolute atomic E-state index is 9.70. The third-order valence-electron chi connectivity index (χ3n) is 2.21. The van der Waals surface area contributed by atoms with Gasteiger partial charge in [0.2, 0.25) is 0 Å². The van der Waals surface area contributed by atoms with Crippen LogP contribution in [0, 0.1) is 0 Å². The molecule has 6 heteroatoms. The predicted molar refractivity (Wildman–Crippen MR) is 54.6 cm³/mol. The molecule has 0 fully saturated rings. The molecule has 1 atom stereocenters. The molecule has 0 amide bonds. The topological polar surface area (TPSA) is 71.0 Å². The molecular weight excluding hydrogens is 197 g/mol. The van der Waals surface area contributed by atoms with Gasteiger partial charge in [-0.1, -0.05) is 6.07 Å². The van der Waals surface area contributed by atoms with Crippen molar-refractivity contribution in [1.29, 1.82) is 0 Å². The molecule has 0 radical (unpaired) electrons. The summed E-state index contributed by atoms with van der Waals surface area (Å²) >= 11 is 0. The van der Waals surface area contributed by atoms with Crippen molar-refractivity contribution in [1.82, 2.24) is 5.32 Å². The molecule has 1 unspecified atom stereocenters. The standard InChI is InChI=1S/C9H12BNO4/c1-11-5-7(12)6-2-3-8-9(4-6)15-10(13)14-8/h2-4,7,11-13H,5H2,1H3. The Labute approximate surface area is 87.8 Å². The average Bonchev–Trinajstić information content (AvgIpc) is 2.57. The number of aliphatic hydroxyl groups is 1. The molecule has 2 rings (SSSR count). The van der Waals surface area contributed by atoms with Gasteiger partial charge in [-0.05, 0) is 24.7 Å². The summed E-state index contributed by atoms with van der Waals surface area (Å²) in [5, 5.41) is 21.6. The van der Waals surface area contributed by atoms with Crippen LogP contribution in [0.5, 0.6) is 11.5 Å². The summed E-state index contributed by atoms with van der Waals surface area (Å²) < 4.78 is 9.92. The normalized spacial score (nSPS) is 15.5. The molecule has 1 aromatic carbocycles. The third kappa shape index (κ3) is 2.06. The summed E-state index contributed by atoms with van der Waals surface area (Å²) in [5.41, 5.74) is 0.723. The van der Waals surface area contributed by atoms with Gasteiger partial charge in [0, 0.05) is 6.54 Å². The first-order chi connectivity index (χ1) is 7.20. The zero-order valence-corrected chi connectivity index (χ0v) is 8.30. The molecule has 0 aliphatic carbocycles. The lowest BCUT2D eigenvalue weighted by Gasteiger charge is -2.10. The van der Waals surface area contributed by atoms with E-state index in [1.165, 1.54) is 0 Å². The van der Waals surface area contributed by atoms with Crippen LogP contribution >= 0.6 is 0 Å². The van der Waals surface area contributed by atoms with Crippen molar-refractivity contribution in [2.45, 2.75) is 6.10 Å². The summed E-state index contributed by atoms with van der Waals surface area (Å²) in [6, 6.07) is 5.07. The summed E-state index contributed by atoms with van der Waals surface area (Å²) in [4.78, 5) is 0. The Kier molecular flexibility index (Phi) is 2.81. The second-order valence-electron chi connectivity index (χ2n) is 3.32. The van der Waals surface area contributed by atoms with Crippen molar-refractivity contribution in [2.24, 2.45) is 0 Å². The Morgan fingerprint density at radius 1 is 1.40 bits per heavy atom. The van der Waals surface area contributed by atoms with Crippen molar-refractivity contribution in [3.8, 4) is 11.5 Å². The quantitative estimate of drug-likeness (QED) is 0.595. The fourth-order valence-corrected chi connectivity index (χ4v) is 1.47. The third-order valence-corrected chi connectivity index (χ3v) is 2.21. The molecule has 80 valence electrons. The highest BCUT2D eigenvalue weighted by molar-refractivity contribution is 6.38. The second-order valence-corrected chi connectivity index (χ2v) is 3.32. The van der Waals surface area contributed by atoms with Crippen LogP contribution < -0.4 is 14.6 Å². The Bertz CT molecular complexity index is 360. The Balaban J connectivity index is 2.19. The summed E-state index contributed by atoms with van der Waals surface area (Å²) in [6.45, 7) is 0.461. The summed E-state index contributed by atoms with van der Waals surface area (Å²) in [5.74, 6) is 0.943. The lowest BCUT2D eigenvalue weighted by Crippen LogP contribution is -2.23. The van der Waals surface area contributed by atoms with E-state index in [9.17, 15) is 5.11 Å². The number of aliphatic hydroxyl groups excluding tert-OH is 1. The van der Waals surface area contributed by atoms with Gasteiger partial charge >= 0.3 is 7.32 Å². The number of nitrogens with one attached hydrogen (secondary N) is 1. The molecule has 3 N–H and O–H groups in total. The van der Waals surface area contributed by atoms with Crippen molar-refractivity contribution < 1.29 is 19.4 Å². The van der Waals surface area contributed by atoms with Gasteiger partial charge in [-0.3, -0.25) is 0 Å². The predicted octanol–water partition coefficient (Wildman–Crippen LogP) is -0.312. The molecular formula is C9H12BNO4. The first-order valence-electron chi connectivity index (χ1n) is 4.68. The molecule has 1 aliphatic heterocycles. The van der Waals surface area contributed by atoms with Gasteiger partial charge in [0.25, 0.3) is 0 Å². The minimum Gasteiger partial charge on any atom is -0.498 e. The van der Waals surface area contributed by atoms with Crippen molar-refractivity contribution in [3.63, 3.8) is 0 Å². The first kappa shape index (κ1) is 10.3. The van der Waals surface area contributed by atoms with Crippen LogP contribution in [0.25, 0.3) is 0 Å². The SMILES string of the molecule is CNCC(O)c1ccc2c(c1)OB(O)O2. The molecule has 15 heavy (non-hydrogen) atoms. The lowest BCUT2D eigenvalue weighted by atomic mass is 10.1. The van der Waals surface area contributed by atoms with Crippen molar-refractivity contribution in [3.05, 3.63) is 23.8 Å². The van der Waals surface area contributed by atoms with Gasteiger partial charge < -0.3 is 24.8 Å². The number of benzene rings is 1. The van der Waals surface area contributed by atoms with E-state index in [1.54, 1.807) is 25.2 Å². The molecule has 1 aromatic rings. The largest absolute Gasteiger partial charge is 0.785 e. The molecule has 0 saturated heterocycles. The van der Waals surface area contributed by atoms with Gasteiger partial charge in [0.1, 0.15) is 11.5 Å². The van der Waals surface area contributed by atoms with E-state index in [1.807, 2.05) is 0 Å². The molecule has 5 nitrogen and oxygen atoms in total. The fraction of sp³-hybridized carbons (Fsp3) is 0.333. The van der Waals surface area contributed by atoms with Gasteiger partial charge in [0.05, 0.1) is 6.10 Å². The summed E-state index contributed by atoms with van der Waals surface area (Å²) in [6.07, 6.45) is -0.596. The minimum absolute atomic E-state index is 0.454. The van der Waals surface area contributed by atoms with E-state index in [4.69, 9.17) is 14.3 Å². The van der Waals surface area contributed by atoms with Crippen LogP contribution in [-0.2, 0) is 0 Å². The maximum atomic E-state index is 9.70. The summed E-state index contributed by atoms with van der Waals surface area (Å²) in [7, 11) is 0.525. The molecule has 0 aromatic heterocycles. The van der Waals surface area contributed by atoms with Crippen molar-refractivity contribution >= 4 is 7.32 Å². The van der Waals surface area contributed by atoms with Crippen molar-refractivity contribution in [2.75, 3.05) is 13.6 Å². The van der Waals surface area contributed by atoms with E-state index < -0.39 is 13.4 Å². The van der Waals surface area contributed by atoms with E-state index in [-0.39, 0.29) is 0 Å². The van der Waals surface area contributed by atoms with Gasteiger partial charge in [-0.15, -0.1) is 0 Å². The van der Waals surface area contributed by atoms with E-state index in [0.717, 1.165) is 5.56 Å². The maximum Gasteiger partial charge on any atom is 0.785 e. The van der Waals surface area contributed by atoms with Crippen LogP contribution in [0.15, 0.2) is 18.2 Å². The molecule has 0 spiro atoms. The van der Waals surface area contributed by atoms with Gasteiger partial charge in [-0.2, -0.15) is 0 Å². The van der Waals surface area contributed by atoms with E-state index >= 15 is 0 Å². The van der Waals surface area contributed by atoms with Gasteiger partial charge in [-0.25, -0.2) is 0 Å². The average molecular weight is 209 g/mol. The monoisotopic (exact) mass is 209 g/mol. The Morgan fingerprint density at radius 2 is 2.13 bits per heavy atom.